The molecule has 0 bridgehead atoms. The Labute approximate surface area is 142 Å². The number of nitrogen functional groups attached to an aromatic ring is 2. The number of aryl methyl sites for hydroxylation is 2. The van der Waals surface area contributed by atoms with Gasteiger partial charge < -0.3 is 16.8 Å². The average molecular weight is 356 g/mol. The molecule has 0 heterocycles. The second-order valence-electron chi connectivity index (χ2n) is 5.34. The van der Waals surface area contributed by atoms with E-state index in [-0.39, 0.29) is 5.69 Å². The summed E-state index contributed by atoms with van der Waals surface area (Å²) in [5.41, 5.74) is 14.0. The fraction of sp³-hybridized carbons (Fsp3) is 0.250. The number of nitrogens with one attached hydrogen (secondary N) is 1. The molecule has 0 saturated heterocycles. The number of nitro benzene ring substituents is 1. The Kier molecular flexibility index (Phi) is 6.60. The average Bonchev–Trinajstić information content (AvgIpc) is 2.48. The van der Waals surface area contributed by atoms with Crippen LogP contribution in [0.25, 0.3) is 0 Å². The first-order chi connectivity index (χ1) is 11.5. The van der Waals surface area contributed by atoms with Gasteiger partial charge in [-0.3, -0.25) is 10.1 Å². The molecular weight excluding hydrogens is 337 g/mol. The lowest BCUT2D eigenvalue weighted by molar-refractivity contribution is -0.384. The highest BCUT2D eigenvalue weighted by atomic mass is 19.4. The van der Waals surface area contributed by atoms with Crippen LogP contribution in [0.5, 0.6) is 0 Å². The molecule has 0 aromatic heterocycles. The molecule has 0 aliphatic rings. The van der Waals surface area contributed by atoms with E-state index in [9.17, 15) is 23.3 Å². The molecule has 136 valence electrons. The quantitative estimate of drug-likeness (QED) is 0.437. The van der Waals surface area contributed by atoms with Gasteiger partial charge in [-0.05, 0) is 49.2 Å². The fourth-order valence-electron chi connectivity index (χ4n) is 1.85. The molecule has 2 rings (SSSR count). The Hall–Kier alpha value is -2.97. The van der Waals surface area contributed by atoms with Crippen molar-refractivity contribution in [3.8, 4) is 0 Å². The monoisotopic (exact) mass is 356 g/mol. The van der Waals surface area contributed by atoms with Crippen molar-refractivity contribution in [2.24, 2.45) is 0 Å². The second-order valence-corrected chi connectivity index (χ2v) is 5.34. The van der Waals surface area contributed by atoms with E-state index in [0.717, 1.165) is 5.56 Å². The molecular formula is C16H19F3N4O2. The Morgan fingerprint density at radius 2 is 1.72 bits per heavy atom. The molecule has 0 aliphatic carbocycles. The van der Waals surface area contributed by atoms with Gasteiger partial charge in [0.25, 0.3) is 5.69 Å². The lowest BCUT2D eigenvalue weighted by Gasteiger charge is -2.11. The summed E-state index contributed by atoms with van der Waals surface area (Å²) in [6.07, 6.45) is -4.20. The van der Waals surface area contributed by atoms with Crippen molar-refractivity contribution in [2.45, 2.75) is 20.0 Å². The number of nitrogens with two attached hydrogens (primary N) is 2. The van der Waals surface area contributed by atoms with Crippen LogP contribution in [-0.4, -0.2) is 17.6 Å². The summed E-state index contributed by atoms with van der Waals surface area (Å²) >= 11 is 0. The van der Waals surface area contributed by atoms with E-state index in [1.54, 1.807) is 26.0 Å². The minimum Gasteiger partial charge on any atom is -0.399 e. The predicted octanol–water partition coefficient (Wildman–Crippen LogP) is 4.04. The third kappa shape index (κ3) is 6.98. The van der Waals surface area contributed by atoms with Gasteiger partial charge in [-0.25, -0.2) is 0 Å². The molecule has 25 heavy (non-hydrogen) atoms. The predicted molar refractivity (Wildman–Crippen MR) is 92.4 cm³/mol. The number of halogens is 3. The number of nitrogens with zero attached hydrogens (tertiary/aromatic N) is 1. The molecule has 6 nitrogen and oxygen atoms in total. The Morgan fingerprint density at radius 1 is 1.08 bits per heavy atom. The number of non-ortho nitro benzene ring substituents is 1. The summed E-state index contributed by atoms with van der Waals surface area (Å²) in [7, 11) is 0. The first-order valence-corrected chi connectivity index (χ1v) is 7.17. The standard InChI is InChI=1S/C9H11F3N2.C7H8N2O2/c1-6-4-7(13)2-3-8(6)14-5-9(10,11)12;1-5-4-6(9(10)11)2-3-7(5)8/h2-4,14H,5,13H2,1H3;2-4H,8H2,1H3. The van der Waals surface area contributed by atoms with Crippen molar-refractivity contribution >= 4 is 22.7 Å². The summed E-state index contributed by atoms with van der Waals surface area (Å²) in [6, 6.07) is 9.10. The summed E-state index contributed by atoms with van der Waals surface area (Å²) in [6.45, 7) is 2.41. The third-order valence-electron chi connectivity index (χ3n) is 3.19. The molecule has 0 saturated carbocycles. The molecule has 2 aromatic carbocycles. The second kappa shape index (κ2) is 8.22. The van der Waals surface area contributed by atoms with E-state index in [4.69, 9.17) is 11.5 Å². The van der Waals surface area contributed by atoms with Crippen molar-refractivity contribution in [3.63, 3.8) is 0 Å². The minimum absolute atomic E-state index is 0.0803. The number of hydrogen-bond donors (Lipinski definition) is 3. The van der Waals surface area contributed by atoms with E-state index < -0.39 is 17.6 Å². The Balaban J connectivity index is 0.000000257. The van der Waals surface area contributed by atoms with Crippen molar-refractivity contribution < 1.29 is 18.1 Å². The van der Waals surface area contributed by atoms with E-state index >= 15 is 0 Å². The van der Waals surface area contributed by atoms with Crippen LogP contribution in [0.2, 0.25) is 0 Å². The van der Waals surface area contributed by atoms with E-state index in [1.165, 1.54) is 24.3 Å². The number of alkyl halides is 3. The molecule has 9 heteroatoms. The highest BCUT2D eigenvalue weighted by molar-refractivity contribution is 5.57. The largest absolute Gasteiger partial charge is 0.405 e. The maximum absolute atomic E-state index is 11.9. The van der Waals surface area contributed by atoms with Crippen molar-refractivity contribution in [1.29, 1.82) is 0 Å². The van der Waals surface area contributed by atoms with Crippen LogP contribution in [0.15, 0.2) is 36.4 Å². The molecule has 0 spiro atoms. The zero-order chi connectivity index (χ0) is 19.2. The lowest BCUT2D eigenvalue weighted by Crippen LogP contribution is -2.21. The van der Waals surface area contributed by atoms with Crippen LogP contribution in [0.3, 0.4) is 0 Å². The van der Waals surface area contributed by atoms with Crippen molar-refractivity contribution in [1.82, 2.24) is 0 Å². The summed E-state index contributed by atoms with van der Waals surface area (Å²) in [4.78, 5) is 9.79. The van der Waals surface area contributed by atoms with Gasteiger partial charge >= 0.3 is 6.18 Å². The van der Waals surface area contributed by atoms with Gasteiger partial charge in [0.05, 0.1) is 4.92 Å². The molecule has 2 aromatic rings. The van der Waals surface area contributed by atoms with Crippen molar-refractivity contribution in [3.05, 3.63) is 57.6 Å². The smallest absolute Gasteiger partial charge is 0.399 e. The maximum Gasteiger partial charge on any atom is 0.405 e. The number of anilines is 3. The molecule has 0 aliphatic heterocycles. The van der Waals surface area contributed by atoms with Gasteiger partial charge in [0.15, 0.2) is 0 Å². The van der Waals surface area contributed by atoms with Gasteiger partial charge in [-0.1, -0.05) is 0 Å². The summed E-state index contributed by atoms with van der Waals surface area (Å²) in [5, 5.41) is 12.5. The van der Waals surface area contributed by atoms with Crippen LogP contribution < -0.4 is 16.8 Å². The number of nitro groups is 1. The highest BCUT2D eigenvalue weighted by Gasteiger charge is 2.26. The number of rotatable bonds is 3. The van der Waals surface area contributed by atoms with E-state index in [0.29, 0.717) is 22.6 Å². The minimum atomic E-state index is -4.20. The first kappa shape index (κ1) is 20.1. The Morgan fingerprint density at radius 3 is 2.20 bits per heavy atom. The zero-order valence-corrected chi connectivity index (χ0v) is 13.7. The van der Waals surface area contributed by atoms with Gasteiger partial charge in [-0.2, -0.15) is 13.2 Å². The molecule has 0 fully saturated rings. The summed E-state index contributed by atoms with van der Waals surface area (Å²) in [5.74, 6) is 0. The maximum atomic E-state index is 11.9. The van der Waals surface area contributed by atoms with Gasteiger partial charge in [0, 0.05) is 29.2 Å². The van der Waals surface area contributed by atoms with Gasteiger partial charge in [-0.15, -0.1) is 0 Å². The fourth-order valence-corrected chi connectivity index (χ4v) is 1.85. The van der Waals surface area contributed by atoms with Crippen LogP contribution in [0.1, 0.15) is 11.1 Å². The topological polar surface area (TPSA) is 107 Å². The molecule has 0 radical (unpaired) electrons. The summed E-state index contributed by atoms with van der Waals surface area (Å²) < 4.78 is 35.6. The number of hydrogen-bond acceptors (Lipinski definition) is 5. The van der Waals surface area contributed by atoms with Gasteiger partial charge in [0.1, 0.15) is 6.54 Å². The van der Waals surface area contributed by atoms with Crippen LogP contribution in [-0.2, 0) is 0 Å². The lowest BCUT2D eigenvalue weighted by atomic mass is 10.2. The molecule has 0 atom stereocenters. The Bertz CT molecular complexity index is 749. The van der Waals surface area contributed by atoms with E-state index in [1.807, 2.05) is 0 Å². The normalized spacial score (nSPS) is 10.6. The van der Waals surface area contributed by atoms with Crippen LogP contribution in [0, 0.1) is 24.0 Å². The molecule has 0 unspecified atom stereocenters. The zero-order valence-electron chi connectivity index (χ0n) is 13.7. The third-order valence-corrected chi connectivity index (χ3v) is 3.19. The SMILES string of the molecule is Cc1cc(N)ccc1NCC(F)(F)F.Cc1cc([N+](=O)[O-])ccc1N. The van der Waals surface area contributed by atoms with E-state index in [2.05, 4.69) is 5.32 Å². The van der Waals surface area contributed by atoms with Crippen molar-refractivity contribution in [2.75, 3.05) is 23.3 Å². The molecule has 0 amide bonds. The number of benzene rings is 2. The highest BCUT2D eigenvalue weighted by Crippen LogP contribution is 2.21. The van der Waals surface area contributed by atoms with Crippen LogP contribution in [0.4, 0.5) is 35.9 Å². The van der Waals surface area contributed by atoms with Gasteiger partial charge in [0.2, 0.25) is 0 Å². The van der Waals surface area contributed by atoms with Crippen LogP contribution >= 0.6 is 0 Å². The molecule has 5 N–H and O–H groups in total. The first-order valence-electron chi connectivity index (χ1n) is 7.17.